The molecule has 1 fully saturated rings. The van der Waals surface area contributed by atoms with Crippen molar-refractivity contribution in [1.29, 1.82) is 0 Å². The minimum atomic E-state index is -3.75. The molecule has 3 rings (SSSR count). The molecule has 0 bridgehead atoms. The zero-order valence-electron chi connectivity index (χ0n) is 18.6. The molecule has 0 amide bonds. The van der Waals surface area contributed by atoms with Gasteiger partial charge in [0.25, 0.3) is 10.1 Å². The Kier molecular flexibility index (Phi) is 10.6. The van der Waals surface area contributed by atoms with Gasteiger partial charge in [-0.15, -0.1) is 0 Å². The van der Waals surface area contributed by atoms with Gasteiger partial charge in [0.1, 0.15) is 0 Å². The zero-order valence-corrected chi connectivity index (χ0v) is 19.5. The van der Waals surface area contributed by atoms with Crippen molar-refractivity contribution in [2.45, 2.75) is 56.0 Å². The topological polar surface area (TPSA) is 89.5 Å². The summed E-state index contributed by atoms with van der Waals surface area (Å²) in [5.74, 6) is 0. The maximum absolute atomic E-state index is 12.0. The fraction of sp³-hybridized carbons (Fsp3) is 0.652. The van der Waals surface area contributed by atoms with E-state index < -0.39 is 10.1 Å². The minimum absolute atomic E-state index is 0.0429. The molecular weight excluding hydrogens is 436 g/mol. The average Bonchev–Trinajstić information content (AvgIpc) is 3.13. The molecule has 1 aliphatic heterocycles. The van der Waals surface area contributed by atoms with E-state index in [1.807, 2.05) is 6.92 Å². The summed E-state index contributed by atoms with van der Waals surface area (Å²) in [7, 11) is -3.75. The van der Waals surface area contributed by atoms with Crippen LogP contribution in [-0.4, -0.2) is 73.2 Å². The van der Waals surface area contributed by atoms with E-state index in [1.54, 1.807) is 12.1 Å². The van der Waals surface area contributed by atoms with Crippen LogP contribution < -0.4 is 0 Å². The Morgan fingerprint density at radius 2 is 1.34 bits per heavy atom. The average molecular weight is 471 g/mol. The first-order valence-electron chi connectivity index (χ1n) is 11.2. The minimum Gasteiger partial charge on any atom is -0.377 e. The van der Waals surface area contributed by atoms with Gasteiger partial charge in [0, 0.05) is 0 Å². The smallest absolute Gasteiger partial charge is 0.297 e. The van der Waals surface area contributed by atoms with Crippen LogP contribution in [0.3, 0.4) is 0 Å². The van der Waals surface area contributed by atoms with Crippen molar-refractivity contribution < 1.29 is 36.3 Å². The normalized spacial score (nSPS) is 24.6. The van der Waals surface area contributed by atoms with E-state index in [4.69, 9.17) is 27.9 Å². The molecule has 0 spiro atoms. The largest absolute Gasteiger partial charge is 0.377 e. The molecule has 0 aromatic heterocycles. The number of hydrogen-bond donors (Lipinski definition) is 0. The van der Waals surface area contributed by atoms with Crippen molar-refractivity contribution >= 4 is 10.1 Å². The Bertz CT molecular complexity index is 775. The molecule has 8 nitrogen and oxygen atoms in total. The van der Waals surface area contributed by atoms with Crippen molar-refractivity contribution in [2.75, 3.05) is 46.2 Å². The highest BCUT2D eigenvalue weighted by Gasteiger charge is 2.35. The fourth-order valence-corrected chi connectivity index (χ4v) is 4.43. The van der Waals surface area contributed by atoms with Gasteiger partial charge in [-0.2, -0.15) is 8.42 Å². The van der Waals surface area contributed by atoms with Crippen LogP contribution in [0.5, 0.6) is 0 Å². The number of ether oxygens (including phenoxy) is 5. The predicted molar refractivity (Wildman–Crippen MR) is 118 cm³/mol. The summed E-state index contributed by atoms with van der Waals surface area (Å²) >= 11 is 0. The highest BCUT2D eigenvalue weighted by molar-refractivity contribution is 7.86. The lowest BCUT2D eigenvalue weighted by Gasteiger charge is -2.16. The summed E-state index contributed by atoms with van der Waals surface area (Å²) < 4.78 is 57.3. The van der Waals surface area contributed by atoms with Gasteiger partial charge in [-0.05, 0) is 44.7 Å². The fourth-order valence-electron chi connectivity index (χ4n) is 3.54. The van der Waals surface area contributed by atoms with Crippen molar-refractivity contribution in [1.82, 2.24) is 0 Å². The van der Waals surface area contributed by atoms with Gasteiger partial charge in [-0.1, -0.05) is 29.8 Å². The molecule has 1 heterocycles. The zero-order chi connectivity index (χ0) is 22.7. The lowest BCUT2D eigenvalue weighted by molar-refractivity contribution is -0.117. The molecule has 2 aliphatic rings. The SMILES string of the molecule is Cc1ccc(S(=O)(=O)OCCOCCOCCOC[C@H]2O[C@H]3CC/C=C/CC[C@H]3O2)cc1. The van der Waals surface area contributed by atoms with E-state index in [2.05, 4.69) is 12.2 Å². The molecule has 0 unspecified atom stereocenters. The number of allylic oxidation sites excluding steroid dienone is 2. The number of fused-ring (bicyclic) bond motifs is 1. The quantitative estimate of drug-likeness (QED) is 0.247. The Morgan fingerprint density at radius 1 is 0.812 bits per heavy atom. The van der Waals surface area contributed by atoms with Gasteiger partial charge in [-0.3, -0.25) is 4.18 Å². The maximum atomic E-state index is 12.0. The van der Waals surface area contributed by atoms with Crippen LogP contribution in [0, 0.1) is 6.92 Å². The first-order chi connectivity index (χ1) is 15.5. The molecule has 1 saturated heterocycles. The first kappa shape index (κ1) is 25.3. The van der Waals surface area contributed by atoms with Crippen LogP contribution in [0.4, 0.5) is 0 Å². The molecule has 180 valence electrons. The molecule has 1 aromatic carbocycles. The first-order valence-corrected chi connectivity index (χ1v) is 12.6. The summed E-state index contributed by atoms with van der Waals surface area (Å²) in [6.45, 7) is 4.03. The van der Waals surface area contributed by atoms with Crippen molar-refractivity contribution in [2.24, 2.45) is 0 Å². The highest BCUT2D eigenvalue weighted by atomic mass is 32.2. The molecule has 9 heteroatoms. The third-order valence-electron chi connectivity index (χ3n) is 5.24. The Hall–Kier alpha value is -1.33. The summed E-state index contributed by atoms with van der Waals surface area (Å²) in [5.41, 5.74) is 0.985. The van der Waals surface area contributed by atoms with E-state index in [1.165, 1.54) is 12.1 Å². The monoisotopic (exact) mass is 470 g/mol. The lowest BCUT2D eigenvalue weighted by atomic mass is 10.0. The van der Waals surface area contributed by atoms with Crippen molar-refractivity contribution in [3.05, 3.63) is 42.0 Å². The Morgan fingerprint density at radius 3 is 1.94 bits per heavy atom. The second kappa shape index (κ2) is 13.4. The van der Waals surface area contributed by atoms with E-state index in [0.717, 1.165) is 31.2 Å². The van der Waals surface area contributed by atoms with Crippen molar-refractivity contribution in [3.8, 4) is 0 Å². The maximum Gasteiger partial charge on any atom is 0.297 e. The van der Waals surface area contributed by atoms with Gasteiger partial charge in [-0.25, -0.2) is 0 Å². The summed E-state index contributed by atoms with van der Waals surface area (Å²) in [6.07, 6.45) is 8.49. The van der Waals surface area contributed by atoms with Crippen molar-refractivity contribution in [3.63, 3.8) is 0 Å². The molecule has 0 saturated carbocycles. The van der Waals surface area contributed by atoms with Gasteiger partial charge in [0.2, 0.25) is 0 Å². The molecule has 0 N–H and O–H groups in total. The Labute approximate surface area is 190 Å². The van der Waals surface area contributed by atoms with E-state index >= 15 is 0 Å². The molecule has 1 aromatic rings. The van der Waals surface area contributed by atoms with Crippen LogP contribution in [0.2, 0.25) is 0 Å². The van der Waals surface area contributed by atoms with Gasteiger partial charge >= 0.3 is 0 Å². The van der Waals surface area contributed by atoms with Crippen LogP contribution >= 0.6 is 0 Å². The highest BCUT2D eigenvalue weighted by Crippen LogP contribution is 2.28. The third kappa shape index (κ3) is 8.55. The molecule has 32 heavy (non-hydrogen) atoms. The second-order valence-electron chi connectivity index (χ2n) is 7.79. The van der Waals surface area contributed by atoms with Crippen LogP contribution in [0.25, 0.3) is 0 Å². The van der Waals surface area contributed by atoms with E-state index in [9.17, 15) is 8.42 Å². The van der Waals surface area contributed by atoms with Gasteiger partial charge in [0.15, 0.2) is 6.29 Å². The van der Waals surface area contributed by atoms with E-state index in [0.29, 0.717) is 33.0 Å². The predicted octanol–water partition coefficient (Wildman–Crippen LogP) is 2.99. The molecule has 1 aliphatic carbocycles. The lowest BCUT2D eigenvalue weighted by Crippen LogP contribution is -2.22. The number of benzene rings is 1. The van der Waals surface area contributed by atoms with Crippen LogP contribution in [-0.2, 0) is 38.0 Å². The Balaban J connectivity index is 1.14. The van der Waals surface area contributed by atoms with Gasteiger partial charge < -0.3 is 23.7 Å². The van der Waals surface area contributed by atoms with Crippen LogP contribution in [0.15, 0.2) is 41.3 Å². The van der Waals surface area contributed by atoms with Crippen LogP contribution in [0.1, 0.15) is 31.2 Å². The molecule has 3 atom stereocenters. The van der Waals surface area contributed by atoms with E-state index in [-0.39, 0.29) is 36.6 Å². The van der Waals surface area contributed by atoms with Gasteiger partial charge in [0.05, 0.1) is 63.4 Å². The number of aryl methyl sites for hydroxylation is 1. The second-order valence-corrected chi connectivity index (χ2v) is 9.41. The summed E-state index contributed by atoms with van der Waals surface area (Å²) in [4.78, 5) is 0.140. The summed E-state index contributed by atoms with van der Waals surface area (Å²) in [5, 5.41) is 0. The number of rotatable bonds is 13. The summed E-state index contributed by atoms with van der Waals surface area (Å²) in [6, 6.07) is 6.51. The number of hydrogen-bond acceptors (Lipinski definition) is 8. The third-order valence-corrected chi connectivity index (χ3v) is 6.57. The molecular formula is C23H34O8S. The molecule has 0 radical (unpaired) electrons. The standard InChI is InChI=1S/C23H34O8S/c1-19-8-10-20(11-9-19)32(24,25)29-17-16-27-13-12-26-14-15-28-18-23-30-21-6-4-2-3-5-7-22(21)31-23/h2-3,8-11,21-23H,4-7,12-18H2,1H3/b3-2+/t21-,22+,23-.